The first kappa shape index (κ1) is 20.0. The minimum absolute atomic E-state index is 0.230. The van der Waals surface area contributed by atoms with Crippen LogP contribution in [0.5, 0.6) is 0 Å². The second-order valence-corrected chi connectivity index (χ2v) is 8.23. The summed E-state index contributed by atoms with van der Waals surface area (Å²) in [7, 11) is 8.32. The van der Waals surface area contributed by atoms with Crippen LogP contribution in [0.3, 0.4) is 0 Å². The van der Waals surface area contributed by atoms with E-state index in [1.807, 2.05) is 0 Å². The molecule has 0 heterocycles. The zero-order valence-electron chi connectivity index (χ0n) is 18.0. The normalized spacial score (nSPS) is 11.1. The number of nitrogens with zero attached hydrogens (tertiary/aromatic N) is 2. The van der Waals surface area contributed by atoms with Gasteiger partial charge in [-0.05, 0) is 52.4 Å². The highest BCUT2D eigenvalue weighted by molar-refractivity contribution is 5.53. The molecule has 0 fully saturated rings. The molecule has 0 unspecified atom stereocenters. The molecule has 0 bridgehead atoms. The molecule has 3 rings (SSSR count). The van der Waals surface area contributed by atoms with Crippen LogP contribution < -0.4 is 9.80 Å². The molecule has 0 spiro atoms. The van der Waals surface area contributed by atoms with E-state index in [9.17, 15) is 0 Å². The number of hydrogen-bond donors (Lipinski definition) is 0. The fourth-order valence-electron chi connectivity index (χ4n) is 3.58. The monoisotopic (exact) mass is 372 g/mol. The Morgan fingerprint density at radius 3 is 1.04 bits per heavy atom. The van der Waals surface area contributed by atoms with Gasteiger partial charge in [-0.15, -0.1) is 0 Å². The SMILES string of the molecule is CC(C)c1ccc(C(c2ccc(N(C)C)cc2)c2ccc(N(C)C)cc2)cc1. The minimum Gasteiger partial charge on any atom is -0.378 e. The van der Waals surface area contributed by atoms with Crippen molar-refractivity contribution in [1.29, 1.82) is 0 Å². The van der Waals surface area contributed by atoms with Gasteiger partial charge in [0.2, 0.25) is 0 Å². The molecule has 3 aromatic rings. The standard InChI is InChI=1S/C26H32N2/c1-19(2)20-7-9-21(10-8-20)26(22-11-15-24(16-12-22)27(3)4)23-13-17-25(18-14-23)28(5)6/h7-19,26H,1-6H3. The van der Waals surface area contributed by atoms with Crippen molar-refractivity contribution in [2.45, 2.75) is 25.7 Å². The first-order valence-electron chi connectivity index (χ1n) is 10.0. The van der Waals surface area contributed by atoms with E-state index in [-0.39, 0.29) is 5.92 Å². The molecule has 3 aromatic carbocycles. The van der Waals surface area contributed by atoms with E-state index in [1.54, 1.807) is 0 Å². The van der Waals surface area contributed by atoms with Gasteiger partial charge in [-0.3, -0.25) is 0 Å². The van der Waals surface area contributed by atoms with Gasteiger partial charge in [-0.1, -0.05) is 62.4 Å². The summed E-state index contributed by atoms with van der Waals surface area (Å²) in [6.45, 7) is 4.48. The average Bonchev–Trinajstić information content (AvgIpc) is 2.69. The van der Waals surface area contributed by atoms with Crippen molar-refractivity contribution in [2.24, 2.45) is 0 Å². The molecule has 0 aliphatic heterocycles. The lowest BCUT2D eigenvalue weighted by atomic mass is 9.84. The molecule has 0 saturated carbocycles. The molecular formula is C26H32N2. The van der Waals surface area contributed by atoms with Crippen LogP contribution in [0.1, 0.15) is 47.9 Å². The maximum atomic E-state index is 2.29. The summed E-state index contributed by atoms with van der Waals surface area (Å²) in [5.41, 5.74) is 7.80. The fraction of sp³-hybridized carbons (Fsp3) is 0.308. The third-order valence-electron chi connectivity index (χ3n) is 5.42. The van der Waals surface area contributed by atoms with E-state index in [0.717, 1.165) is 0 Å². The van der Waals surface area contributed by atoms with Gasteiger partial charge in [0.25, 0.3) is 0 Å². The molecule has 0 amide bonds. The third kappa shape index (κ3) is 4.39. The van der Waals surface area contributed by atoms with Crippen molar-refractivity contribution in [3.8, 4) is 0 Å². The van der Waals surface area contributed by atoms with Crippen molar-refractivity contribution < 1.29 is 0 Å². The van der Waals surface area contributed by atoms with E-state index < -0.39 is 0 Å². The van der Waals surface area contributed by atoms with E-state index >= 15 is 0 Å². The Labute approximate surface area is 170 Å². The topological polar surface area (TPSA) is 6.48 Å². The van der Waals surface area contributed by atoms with Crippen molar-refractivity contribution >= 4 is 11.4 Å². The largest absolute Gasteiger partial charge is 0.378 e. The average molecular weight is 373 g/mol. The Bertz CT molecular complexity index is 751. The zero-order chi connectivity index (χ0) is 20.3. The predicted octanol–water partition coefficient (Wildman–Crippen LogP) is 6.12. The molecule has 146 valence electrons. The van der Waals surface area contributed by atoms with E-state index in [4.69, 9.17) is 0 Å². The number of anilines is 2. The smallest absolute Gasteiger partial charge is 0.0361 e. The van der Waals surface area contributed by atoms with Crippen molar-refractivity contribution in [3.63, 3.8) is 0 Å². The van der Waals surface area contributed by atoms with Crippen LogP contribution in [-0.4, -0.2) is 28.2 Å². The van der Waals surface area contributed by atoms with Crippen LogP contribution in [0.15, 0.2) is 72.8 Å². The molecule has 0 atom stereocenters. The quantitative estimate of drug-likeness (QED) is 0.481. The lowest BCUT2D eigenvalue weighted by Gasteiger charge is -2.22. The first-order valence-corrected chi connectivity index (χ1v) is 10.0. The zero-order valence-corrected chi connectivity index (χ0v) is 18.0. The number of benzene rings is 3. The van der Waals surface area contributed by atoms with Gasteiger partial charge in [0, 0.05) is 45.5 Å². The number of hydrogen-bond acceptors (Lipinski definition) is 2. The third-order valence-corrected chi connectivity index (χ3v) is 5.42. The molecule has 0 saturated heterocycles. The van der Waals surface area contributed by atoms with Crippen LogP contribution in [0.25, 0.3) is 0 Å². The lowest BCUT2D eigenvalue weighted by molar-refractivity contribution is 0.862. The maximum absolute atomic E-state index is 2.29. The summed E-state index contributed by atoms with van der Waals surface area (Å²) in [6.07, 6.45) is 0. The van der Waals surface area contributed by atoms with Gasteiger partial charge in [0.1, 0.15) is 0 Å². The van der Waals surface area contributed by atoms with Crippen LogP contribution in [-0.2, 0) is 0 Å². The highest BCUT2D eigenvalue weighted by atomic mass is 15.1. The Morgan fingerprint density at radius 1 is 0.464 bits per heavy atom. The van der Waals surface area contributed by atoms with Crippen molar-refractivity contribution in [1.82, 2.24) is 0 Å². The van der Waals surface area contributed by atoms with Gasteiger partial charge >= 0.3 is 0 Å². The summed E-state index contributed by atoms with van der Waals surface area (Å²) >= 11 is 0. The second-order valence-electron chi connectivity index (χ2n) is 8.23. The summed E-state index contributed by atoms with van der Waals surface area (Å²) in [6, 6.07) is 27.0. The first-order chi connectivity index (χ1) is 13.4. The Kier molecular flexibility index (Phi) is 6.08. The molecular weight excluding hydrogens is 340 g/mol. The van der Waals surface area contributed by atoms with E-state index in [0.29, 0.717) is 5.92 Å². The van der Waals surface area contributed by atoms with Crippen molar-refractivity contribution in [3.05, 3.63) is 95.1 Å². The van der Waals surface area contributed by atoms with Gasteiger partial charge in [-0.2, -0.15) is 0 Å². The molecule has 2 nitrogen and oxygen atoms in total. The molecule has 0 aliphatic rings. The molecule has 0 aliphatic carbocycles. The summed E-state index contributed by atoms with van der Waals surface area (Å²) < 4.78 is 0. The van der Waals surface area contributed by atoms with Gasteiger partial charge in [-0.25, -0.2) is 0 Å². The minimum atomic E-state index is 0.230. The van der Waals surface area contributed by atoms with Crippen LogP contribution in [0, 0.1) is 0 Å². The highest BCUT2D eigenvalue weighted by Crippen LogP contribution is 2.34. The van der Waals surface area contributed by atoms with Crippen LogP contribution >= 0.6 is 0 Å². The molecule has 0 radical (unpaired) electrons. The van der Waals surface area contributed by atoms with Gasteiger partial charge in [0.15, 0.2) is 0 Å². The predicted molar refractivity (Wildman–Crippen MR) is 123 cm³/mol. The Balaban J connectivity index is 2.04. The van der Waals surface area contributed by atoms with Gasteiger partial charge < -0.3 is 9.80 Å². The van der Waals surface area contributed by atoms with E-state index in [2.05, 4.69) is 125 Å². The van der Waals surface area contributed by atoms with E-state index in [1.165, 1.54) is 33.6 Å². The van der Waals surface area contributed by atoms with Gasteiger partial charge in [0.05, 0.1) is 0 Å². The Hall–Kier alpha value is -2.74. The maximum Gasteiger partial charge on any atom is 0.0361 e. The summed E-state index contributed by atoms with van der Waals surface area (Å²) in [4.78, 5) is 4.28. The van der Waals surface area contributed by atoms with Crippen molar-refractivity contribution in [2.75, 3.05) is 38.0 Å². The molecule has 0 N–H and O–H groups in total. The molecule has 0 aromatic heterocycles. The Morgan fingerprint density at radius 2 is 0.750 bits per heavy atom. The molecule has 2 heteroatoms. The highest BCUT2D eigenvalue weighted by Gasteiger charge is 2.17. The fourth-order valence-corrected chi connectivity index (χ4v) is 3.58. The summed E-state index contributed by atoms with van der Waals surface area (Å²) in [5, 5.41) is 0. The summed E-state index contributed by atoms with van der Waals surface area (Å²) in [5.74, 6) is 0.778. The lowest BCUT2D eigenvalue weighted by Crippen LogP contribution is -2.10. The van der Waals surface area contributed by atoms with Crippen LogP contribution in [0.2, 0.25) is 0 Å². The molecule has 28 heavy (non-hydrogen) atoms. The second kappa shape index (κ2) is 8.52. The van der Waals surface area contributed by atoms with Crippen LogP contribution in [0.4, 0.5) is 11.4 Å². The number of rotatable bonds is 6.